The summed E-state index contributed by atoms with van der Waals surface area (Å²) in [6.45, 7) is 6.49. The van der Waals surface area contributed by atoms with E-state index in [1.54, 1.807) is 13.1 Å². The average Bonchev–Trinajstić information content (AvgIpc) is 2.21. The Balaban J connectivity index is 3.18. The van der Waals surface area contributed by atoms with Crippen LogP contribution in [-0.2, 0) is 5.41 Å². The summed E-state index contributed by atoms with van der Waals surface area (Å²) in [5.41, 5.74) is 1.81. The summed E-state index contributed by atoms with van der Waals surface area (Å²) in [4.78, 5) is 0. The van der Waals surface area contributed by atoms with Gasteiger partial charge in [-0.25, -0.2) is 0 Å². The third kappa shape index (κ3) is 2.55. The van der Waals surface area contributed by atoms with E-state index >= 15 is 0 Å². The number of phenolic OH excluding ortho intramolecular Hbond substituents is 1. The van der Waals surface area contributed by atoms with Gasteiger partial charge in [0.2, 0.25) is 0 Å². The second-order valence-corrected chi connectivity index (χ2v) is 4.24. The van der Waals surface area contributed by atoms with Crippen LogP contribution in [0.25, 0.3) is 0 Å². The van der Waals surface area contributed by atoms with Crippen LogP contribution in [0.2, 0.25) is 0 Å². The molecule has 0 amide bonds. The van der Waals surface area contributed by atoms with Crippen LogP contribution in [-0.4, -0.2) is 12.2 Å². The molecule has 3 nitrogen and oxygen atoms in total. The third-order valence-corrected chi connectivity index (χ3v) is 2.85. The summed E-state index contributed by atoms with van der Waals surface area (Å²) >= 11 is 0. The van der Waals surface area contributed by atoms with Crippen molar-refractivity contribution in [3.05, 3.63) is 23.8 Å². The predicted molar refractivity (Wildman–Crippen MR) is 61.9 cm³/mol. The van der Waals surface area contributed by atoms with E-state index in [-0.39, 0.29) is 11.2 Å². The normalized spacial score (nSPS) is 12.3. The third-order valence-electron chi connectivity index (χ3n) is 2.85. The van der Waals surface area contributed by atoms with E-state index in [1.165, 1.54) is 5.56 Å². The van der Waals surface area contributed by atoms with Gasteiger partial charge in [0.1, 0.15) is 11.4 Å². The molecular formula is C12H18N2O. The molecule has 1 N–H and O–H groups in total. The second kappa shape index (κ2) is 4.43. The zero-order chi connectivity index (χ0) is 11.5. The minimum absolute atomic E-state index is 0.103. The van der Waals surface area contributed by atoms with Gasteiger partial charge < -0.3 is 5.11 Å². The van der Waals surface area contributed by atoms with E-state index in [2.05, 4.69) is 31.0 Å². The first-order chi connectivity index (χ1) is 7.01. The van der Waals surface area contributed by atoms with E-state index in [4.69, 9.17) is 0 Å². The molecule has 0 saturated carbocycles. The maximum atomic E-state index is 9.55. The molecule has 1 aromatic carbocycles. The highest BCUT2D eigenvalue weighted by atomic mass is 16.3. The standard InChI is InChI=1S/C12H18N2O/c1-5-12(2,3)9-6-7-11(15)10(8-9)14-13-4/h6-8,15H,5H2,1-4H3. The van der Waals surface area contributed by atoms with E-state index < -0.39 is 0 Å². The predicted octanol–water partition coefficient (Wildman–Crippen LogP) is 3.79. The Labute approximate surface area is 90.9 Å². The van der Waals surface area contributed by atoms with Crippen molar-refractivity contribution < 1.29 is 5.11 Å². The zero-order valence-electron chi connectivity index (χ0n) is 9.78. The molecule has 0 saturated heterocycles. The highest BCUT2D eigenvalue weighted by Gasteiger charge is 2.19. The number of hydrogen-bond acceptors (Lipinski definition) is 3. The zero-order valence-corrected chi connectivity index (χ0v) is 9.78. The summed E-state index contributed by atoms with van der Waals surface area (Å²) in [5.74, 6) is 0.177. The lowest BCUT2D eigenvalue weighted by Gasteiger charge is -2.23. The summed E-state index contributed by atoms with van der Waals surface area (Å²) in [5, 5.41) is 17.1. The smallest absolute Gasteiger partial charge is 0.143 e. The number of benzene rings is 1. The highest BCUT2D eigenvalue weighted by Crippen LogP contribution is 2.34. The van der Waals surface area contributed by atoms with Crippen LogP contribution in [0, 0.1) is 0 Å². The van der Waals surface area contributed by atoms with Gasteiger partial charge in [-0.05, 0) is 29.5 Å². The van der Waals surface area contributed by atoms with Crippen molar-refractivity contribution in [2.24, 2.45) is 10.2 Å². The topological polar surface area (TPSA) is 45.0 Å². The van der Waals surface area contributed by atoms with Gasteiger partial charge in [-0.2, -0.15) is 10.2 Å². The number of aromatic hydroxyl groups is 1. The second-order valence-electron chi connectivity index (χ2n) is 4.24. The van der Waals surface area contributed by atoms with Crippen molar-refractivity contribution in [1.82, 2.24) is 0 Å². The van der Waals surface area contributed by atoms with Crippen molar-refractivity contribution in [2.45, 2.75) is 32.6 Å². The fourth-order valence-electron chi connectivity index (χ4n) is 1.34. The summed E-state index contributed by atoms with van der Waals surface area (Å²) in [7, 11) is 1.59. The Morgan fingerprint density at radius 1 is 1.33 bits per heavy atom. The molecule has 0 aromatic heterocycles. The number of rotatable bonds is 3. The first kappa shape index (κ1) is 11.7. The SMILES string of the molecule is CCC(C)(C)c1ccc(O)c(N=NC)c1. The monoisotopic (exact) mass is 206 g/mol. The molecule has 0 aliphatic carbocycles. The minimum Gasteiger partial charge on any atom is -0.506 e. The molecule has 0 atom stereocenters. The van der Waals surface area contributed by atoms with Crippen molar-refractivity contribution in [3.8, 4) is 5.75 Å². The molecule has 0 unspecified atom stereocenters. The van der Waals surface area contributed by atoms with Crippen LogP contribution in [0.3, 0.4) is 0 Å². The first-order valence-corrected chi connectivity index (χ1v) is 5.14. The van der Waals surface area contributed by atoms with E-state index in [0.717, 1.165) is 6.42 Å². The largest absolute Gasteiger partial charge is 0.506 e. The van der Waals surface area contributed by atoms with Gasteiger partial charge in [-0.15, -0.1) is 0 Å². The first-order valence-electron chi connectivity index (χ1n) is 5.14. The van der Waals surface area contributed by atoms with Gasteiger partial charge in [-0.3, -0.25) is 0 Å². The summed E-state index contributed by atoms with van der Waals surface area (Å²) < 4.78 is 0. The Hall–Kier alpha value is -1.38. The van der Waals surface area contributed by atoms with Gasteiger partial charge in [0.15, 0.2) is 0 Å². The molecule has 1 rings (SSSR count). The quantitative estimate of drug-likeness (QED) is 0.751. The van der Waals surface area contributed by atoms with Crippen LogP contribution in [0.15, 0.2) is 28.4 Å². The van der Waals surface area contributed by atoms with Crippen molar-refractivity contribution in [1.29, 1.82) is 0 Å². The van der Waals surface area contributed by atoms with Gasteiger partial charge in [0.25, 0.3) is 0 Å². The lowest BCUT2D eigenvalue weighted by atomic mass is 9.82. The lowest BCUT2D eigenvalue weighted by Crippen LogP contribution is -2.14. The molecular weight excluding hydrogens is 188 g/mol. The van der Waals surface area contributed by atoms with E-state index in [0.29, 0.717) is 5.69 Å². The number of azo groups is 1. The maximum absolute atomic E-state index is 9.55. The molecule has 0 fully saturated rings. The molecule has 0 heterocycles. The fourth-order valence-corrected chi connectivity index (χ4v) is 1.34. The van der Waals surface area contributed by atoms with Crippen LogP contribution in [0.5, 0.6) is 5.75 Å². The Bertz CT molecular complexity index is 370. The van der Waals surface area contributed by atoms with Crippen LogP contribution < -0.4 is 0 Å². The fraction of sp³-hybridized carbons (Fsp3) is 0.500. The van der Waals surface area contributed by atoms with E-state index in [1.807, 2.05) is 12.1 Å². The Morgan fingerprint density at radius 2 is 2.00 bits per heavy atom. The molecule has 3 heteroatoms. The Morgan fingerprint density at radius 3 is 2.53 bits per heavy atom. The van der Waals surface area contributed by atoms with Crippen molar-refractivity contribution in [3.63, 3.8) is 0 Å². The van der Waals surface area contributed by atoms with Crippen LogP contribution >= 0.6 is 0 Å². The molecule has 15 heavy (non-hydrogen) atoms. The molecule has 0 aliphatic heterocycles. The van der Waals surface area contributed by atoms with Gasteiger partial charge in [0, 0.05) is 7.05 Å². The maximum Gasteiger partial charge on any atom is 0.143 e. The molecule has 1 aromatic rings. The number of phenols is 1. The van der Waals surface area contributed by atoms with Gasteiger partial charge in [-0.1, -0.05) is 26.8 Å². The van der Waals surface area contributed by atoms with Gasteiger partial charge >= 0.3 is 0 Å². The van der Waals surface area contributed by atoms with Crippen LogP contribution in [0.1, 0.15) is 32.8 Å². The molecule has 0 radical (unpaired) electrons. The number of hydrogen-bond donors (Lipinski definition) is 1. The van der Waals surface area contributed by atoms with Crippen molar-refractivity contribution >= 4 is 5.69 Å². The van der Waals surface area contributed by atoms with Crippen molar-refractivity contribution in [2.75, 3.05) is 7.05 Å². The molecule has 0 aliphatic rings. The summed E-state index contributed by atoms with van der Waals surface area (Å²) in [6, 6.07) is 5.51. The highest BCUT2D eigenvalue weighted by molar-refractivity contribution is 5.53. The lowest BCUT2D eigenvalue weighted by molar-refractivity contribution is 0.472. The Kier molecular flexibility index (Phi) is 3.45. The minimum atomic E-state index is 0.103. The molecule has 0 spiro atoms. The molecule has 0 bridgehead atoms. The van der Waals surface area contributed by atoms with Crippen LogP contribution in [0.4, 0.5) is 5.69 Å². The number of nitrogens with zero attached hydrogens (tertiary/aromatic N) is 2. The molecule has 82 valence electrons. The summed E-state index contributed by atoms with van der Waals surface area (Å²) in [6.07, 6.45) is 1.04. The van der Waals surface area contributed by atoms with E-state index in [9.17, 15) is 5.11 Å². The average molecular weight is 206 g/mol. The van der Waals surface area contributed by atoms with Gasteiger partial charge in [0.05, 0.1) is 0 Å².